The van der Waals surface area contributed by atoms with E-state index >= 15 is 0 Å². The van der Waals surface area contributed by atoms with Crippen molar-refractivity contribution in [2.75, 3.05) is 19.5 Å². The van der Waals surface area contributed by atoms with Gasteiger partial charge < -0.3 is 20.5 Å². The number of esters is 1. The summed E-state index contributed by atoms with van der Waals surface area (Å²) in [4.78, 5) is 33.8. The van der Waals surface area contributed by atoms with Gasteiger partial charge in [-0.05, 0) is 12.1 Å². The van der Waals surface area contributed by atoms with Crippen LogP contribution in [0.5, 0.6) is 5.75 Å². The highest BCUT2D eigenvalue weighted by Crippen LogP contribution is 2.20. The van der Waals surface area contributed by atoms with Crippen molar-refractivity contribution in [2.24, 2.45) is 0 Å². The first-order chi connectivity index (χ1) is 12.4. The minimum atomic E-state index is -0.843. The molecule has 0 aromatic heterocycles. The van der Waals surface area contributed by atoms with Gasteiger partial charge in [0.1, 0.15) is 5.75 Å². The Morgan fingerprint density at radius 3 is 2.62 bits per heavy atom. The number of nitro groups is 1. The molecule has 0 bridgehead atoms. The quantitative estimate of drug-likeness (QED) is 0.332. The van der Waals surface area contributed by atoms with Crippen LogP contribution in [0.25, 0.3) is 0 Å². The average Bonchev–Trinajstić information content (AvgIpc) is 2.64. The molecule has 136 valence electrons. The molecule has 0 fully saturated rings. The van der Waals surface area contributed by atoms with Crippen LogP contribution in [0.15, 0.2) is 42.5 Å². The van der Waals surface area contributed by atoms with E-state index in [9.17, 15) is 19.7 Å². The van der Waals surface area contributed by atoms with Crippen LogP contribution < -0.4 is 15.8 Å². The fourth-order valence-electron chi connectivity index (χ4n) is 2.15. The number of hydrogen-bond acceptors (Lipinski definition) is 7. The van der Waals surface area contributed by atoms with Crippen LogP contribution in [0, 0.1) is 10.1 Å². The van der Waals surface area contributed by atoms with E-state index in [2.05, 4.69) is 5.32 Å². The summed E-state index contributed by atoms with van der Waals surface area (Å²) < 4.78 is 10.1. The van der Waals surface area contributed by atoms with Crippen molar-refractivity contribution in [2.45, 2.75) is 6.54 Å². The maximum atomic E-state index is 12.0. The number of nitrogens with one attached hydrogen (secondary N) is 1. The van der Waals surface area contributed by atoms with Crippen LogP contribution in [0.1, 0.15) is 15.9 Å². The first-order valence-corrected chi connectivity index (χ1v) is 7.52. The number of ether oxygens (including phenoxy) is 2. The highest BCUT2D eigenvalue weighted by Gasteiger charge is 2.16. The molecule has 0 aliphatic carbocycles. The molecule has 0 spiro atoms. The summed E-state index contributed by atoms with van der Waals surface area (Å²) >= 11 is 0. The standard InChI is InChI=1S/C17H17N3O6/c1-25-15-5-3-2-4-11(15)9-19-16(21)10-26-17(22)13-7-6-12(20(23)24)8-14(13)18/h2-8H,9-10,18H2,1H3,(H,19,21). The van der Waals surface area contributed by atoms with Crippen molar-refractivity contribution in [3.8, 4) is 5.75 Å². The number of rotatable bonds is 7. The van der Waals surface area contributed by atoms with Crippen LogP contribution in [0.3, 0.4) is 0 Å². The molecule has 2 aromatic carbocycles. The third-order valence-corrected chi connectivity index (χ3v) is 3.47. The van der Waals surface area contributed by atoms with Crippen molar-refractivity contribution in [1.29, 1.82) is 0 Å². The Morgan fingerprint density at radius 1 is 1.23 bits per heavy atom. The molecule has 0 radical (unpaired) electrons. The topological polar surface area (TPSA) is 134 Å². The highest BCUT2D eigenvalue weighted by atomic mass is 16.6. The van der Waals surface area contributed by atoms with Gasteiger partial charge in [-0.2, -0.15) is 0 Å². The number of methoxy groups -OCH3 is 1. The maximum Gasteiger partial charge on any atom is 0.340 e. The Morgan fingerprint density at radius 2 is 1.96 bits per heavy atom. The molecule has 2 aromatic rings. The van der Waals surface area contributed by atoms with Crippen LogP contribution in [-0.4, -0.2) is 30.5 Å². The first-order valence-electron chi connectivity index (χ1n) is 7.52. The van der Waals surface area contributed by atoms with Crippen molar-refractivity contribution < 1.29 is 24.0 Å². The van der Waals surface area contributed by atoms with Gasteiger partial charge in [0.15, 0.2) is 6.61 Å². The molecule has 0 aliphatic rings. The Kier molecular flexibility index (Phi) is 6.10. The molecule has 0 saturated heterocycles. The van der Waals surface area contributed by atoms with E-state index < -0.39 is 23.4 Å². The fraction of sp³-hybridized carbons (Fsp3) is 0.176. The molecule has 0 heterocycles. The van der Waals surface area contributed by atoms with Gasteiger partial charge >= 0.3 is 5.97 Å². The number of non-ortho nitro benzene ring substituents is 1. The number of nitrogens with zero attached hydrogens (tertiary/aromatic N) is 1. The van der Waals surface area contributed by atoms with Gasteiger partial charge in [0, 0.05) is 24.2 Å². The summed E-state index contributed by atoms with van der Waals surface area (Å²) in [5.41, 5.74) is 6.00. The Labute approximate surface area is 148 Å². The molecule has 26 heavy (non-hydrogen) atoms. The third-order valence-electron chi connectivity index (χ3n) is 3.47. The van der Waals surface area contributed by atoms with Crippen LogP contribution in [-0.2, 0) is 16.1 Å². The van der Waals surface area contributed by atoms with Crippen LogP contribution in [0.2, 0.25) is 0 Å². The van der Waals surface area contributed by atoms with E-state index in [4.69, 9.17) is 15.2 Å². The van der Waals surface area contributed by atoms with Gasteiger partial charge in [-0.25, -0.2) is 4.79 Å². The number of carbonyl (C=O) groups is 2. The van der Waals surface area contributed by atoms with Gasteiger partial charge in [0.05, 0.1) is 23.3 Å². The first kappa shape index (κ1) is 18.7. The van der Waals surface area contributed by atoms with E-state index in [1.807, 2.05) is 0 Å². The monoisotopic (exact) mass is 359 g/mol. The predicted octanol–water partition coefficient (Wildman–Crippen LogP) is 1.66. The SMILES string of the molecule is COc1ccccc1CNC(=O)COC(=O)c1ccc([N+](=O)[O-])cc1N. The molecule has 2 rings (SSSR count). The number of nitrogen functional groups attached to an aromatic ring is 1. The number of nitro benzene ring substituents is 1. The van der Waals surface area contributed by atoms with Gasteiger partial charge in [0.2, 0.25) is 0 Å². The minimum absolute atomic E-state index is 0.0480. The largest absolute Gasteiger partial charge is 0.496 e. The zero-order valence-electron chi connectivity index (χ0n) is 13.9. The second-order valence-corrected chi connectivity index (χ2v) is 5.19. The van der Waals surface area contributed by atoms with Crippen molar-refractivity contribution in [3.05, 3.63) is 63.7 Å². The lowest BCUT2D eigenvalue weighted by Crippen LogP contribution is -2.28. The smallest absolute Gasteiger partial charge is 0.340 e. The third kappa shape index (κ3) is 4.69. The summed E-state index contributed by atoms with van der Waals surface area (Å²) in [5, 5.41) is 13.3. The summed E-state index contributed by atoms with van der Waals surface area (Å²) in [6.07, 6.45) is 0. The number of hydrogen-bond donors (Lipinski definition) is 2. The van der Waals surface area contributed by atoms with E-state index in [-0.39, 0.29) is 23.5 Å². The van der Waals surface area contributed by atoms with Crippen molar-refractivity contribution in [3.63, 3.8) is 0 Å². The molecule has 1 amide bonds. The summed E-state index contributed by atoms with van der Waals surface area (Å²) in [7, 11) is 1.52. The Hall–Kier alpha value is -3.62. The van der Waals surface area contributed by atoms with Crippen molar-refractivity contribution in [1.82, 2.24) is 5.32 Å². The molecule has 3 N–H and O–H groups in total. The molecule has 0 unspecified atom stereocenters. The number of para-hydroxylation sites is 1. The van der Waals surface area contributed by atoms with Crippen LogP contribution >= 0.6 is 0 Å². The lowest BCUT2D eigenvalue weighted by atomic mass is 10.1. The lowest BCUT2D eigenvalue weighted by Gasteiger charge is -2.10. The van der Waals surface area contributed by atoms with Gasteiger partial charge in [-0.15, -0.1) is 0 Å². The zero-order chi connectivity index (χ0) is 19.1. The summed E-state index contributed by atoms with van der Waals surface area (Å²) in [6.45, 7) is -0.301. The van der Waals surface area contributed by atoms with Gasteiger partial charge in [-0.3, -0.25) is 14.9 Å². The molecule has 0 saturated carbocycles. The Balaban J connectivity index is 1.89. The molecular formula is C17H17N3O6. The second kappa shape index (κ2) is 8.47. The number of carbonyl (C=O) groups excluding carboxylic acids is 2. The van der Waals surface area contributed by atoms with E-state index in [1.54, 1.807) is 24.3 Å². The number of nitrogens with two attached hydrogens (primary N) is 1. The van der Waals surface area contributed by atoms with E-state index in [1.165, 1.54) is 13.2 Å². The maximum absolute atomic E-state index is 12.0. The fourth-order valence-corrected chi connectivity index (χ4v) is 2.15. The number of benzene rings is 2. The normalized spacial score (nSPS) is 10.0. The molecule has 9 heteroatoms. The molecule has 0 atom stereocenters. The predicted molar refractivity (Wildman–Crippen MR) is 92.6 cm³/mol. The Bertz CT molecular complexity index is 837. The molecule has 0 aliphatic heterocycles. The van der Waals surface area contributed by atoms with E-state index in [0.29, 0.717) is 5.75 Å². The second-order valence-electron chi connectivity index (χ2n) is 5.19. The van der Waals surface area contributed by atoms with E-state index in [0.717, 1.165) is 17.7 Å². The summed E-state index contributed by atoms with van der Waals surface area (Å²) in [6, 6.07) is 10.5. The average molecular weight is 359 g/mol. The number of amides is 1. The molecule has 9 nitrogen and oxygen atoms in total. The summed E-state index contributed by atoms with van der Waals surface area (Å²) in [5.74, 6) is -0.724. The molecular weight excluding hydrogens is 342 g/mol. The number of anilines is 1. The van der Waals surface area contributed by atoms with Gasteiger partial charge in [-0.1, -0.05) is 18.2 Å². The van der Waals surface area contributed by atoms with Crippen molar-refractivity contribution >= 4 is 23.3 Å². The minimum Gasteiger partial charge on any atom is -0.496 e. The highest BCUT2D eigenvalue weighted by molar-refractivity contribution is 5.96. The lowest BCUT2D eigenvalue weighted by molar-refractivity contribution is -0.384. The zero-order valence-corrected chi connectivity index (χ0v) is 13.9. The van der Waals surface area contributed by atoms with Crippen LogP contribution in [0.4, 0.5) is 11.4 Å². The van der Waals surface area contributed by atoms with Gasteiger partial charge in [0.25, 0.3) is 11.6 Å².